The molecule has 1 aliphatic rings. The number of phenols is 1. The standard InChI is InChI=1S/C19H25NO3/c1-11-8-15(21)20(17(11)23)12-9-13(18(2,3)4)16(22)14(10-12)19(5,6)7/h9-10,22H,1,8H2,2-7H3. The smallest absolute Gasteiger partial charge is 0.260 e. The number of carbonyl (C=O) groups is 2. The molecule has 4 nitrogen and oxygen atoms in total. The van der Waals surface area contributed by atoms with E-state index in [0.29, 0.717) is 11.3 Å². The van der Waals surface area contributed by atoms with E-state index in [-0.39, 0.29) is 34.8 Å². The largest absolute Gasteiger partial charge is 0.507 e. The number of carbonyl (C=O) groups excluding carboxylic acids is 2. The molecule has 1 fully saturated rings. The van der Waals surface area contributed by atoms with Crippen molar-refractivity contribution >= 4 is 17.5 Å². The first-order valence-corrected chi connectivity index (χ1v) is 7.77. The lowest BCUT2D eigenvalue weighted by Gasteiger charge is -2.29. The molecule has 0 spiro atoms. The van der Waals surface area contributed by atoms with E-state index in [1.807, 2.05) is 41.5 Å². The zero-order valence-electron chi connectivity index (χ0n) is 14.8. The molecule has 0 bridgehead atoms. The second kappa shape index (κ2) is 5.22. The SMILES string of the molecule is C=C1CC(=O)N(c2cc(C(C)(C)C)c(O)c(C(C)(C)C)c2)C1=O. The van der Waals surface area contributed by atoms with Gasteiger partial charge in [0.25, 0.3) is 5.91 Å². The summed E-state index contributed by atoms with van der Waals surface area (Å²) in [4.78, 5) is 25.6. The maximum Gasteiger partial charge on any atom is 0.260 e. The van der Waals surface area contributed by atoms with E-state index in [4.69, 9.17) is 0 Å². The number of amides is 2. The summed E-state index contributed by atoms with van der Waals surface area (Å²) >= 11 is 0. The van der Waals surface area contributed by atoms with Crippen molar-refractivity contribution in [3.05, 3.63) is 35.4 Å². The van der Waals surface area contributed by atoms with Crippen LogP contribution >= 0.6 is 0 Å². The topological polar surface area (TPSA) is 57.6 Å². The molecule has 0 aromatic heterocycles. The molecule has 4 heteroatoms. The highest BCUT2D eigenvalue weighted by atomic mass is 16.3. The van der Waals surface area contributed by atoms with Crippen molar-refractivity contribution in [1.29, 1.82) is 0 Å². The van der Waals surface area contributed by atoms with E-state index in [1.165, 1.54) is 4.90 Å². The number of phenolic OH excluding ortho intramolecular Hbond substituents is 1. The van der Waals surface area contributed by atoms with Crippen LogP contribution in [-0.4, -0.2) is 16.9 Å². The van der Waals surface area contributed by atoms with Gasteiger partial charge in [0.15, 0.2) is 0 Å². The fourth-order valence-corrected chi connectivity index (χ4v) is 2.76. The van der Waals surface area contributed by atoms with Gasteiger partial charge in [-0.25, -0.2) is 4.90 Å². The van der Waals surface area contributed by atoms with Gasteiger partial charge in [0.2, 0.25) is 5.91 Å². The molecular weight excluding hydrogens is 290 g/mol. The third kappa shape index (κ3) is 3.03. The van der Waals surface area contributed by atoms with Gasteiger partial charge >= 0.3 is 0 Å². The summed E-state index contributed by atoms with van der Waals surface area (Å²) in [7, 11) is 0. The van der Waals surface area contributed by atoms with Crippen molar-refractivity contribution in [2.75, 3.05) is 4.90 Å². The first-order valence-electron chi connectivity index (χ1n) is 7.77. The summed E-state index contributed by atoms with van der Waals surface area (Å²) in [5, 5.41) is 10.7. The van der Waals surface area contributed by atoms with Crippen LogP contribution in [0.5, 0.6) is 5.75 Å². The highest BCUT2D eigenvalue weighted by Gasteiger charge is 2.36. The summed E-state index contributed by atoms with van der Waals surface area (Å²) in [5.74, 6) is -0.405. The van der Waals surface area contributed by atoms with Crippen LogP contribution in [0.2, 0.25) is 0 Å². The maximum atomic E-state index is 12.3. The van der Waals surface area contributed by atoms with E-state index in [9.17, 15) is 14.7 Å². The van der Waals surface area contributed by atoms with Crippen molar-refractivity contribution in [1.82, 2.24) is 0 Å². The van der Waals surface area contributed by atoms with Crippen LogP contribution in [0.3, 0.4) is 0 Å². The van der Waals surface area contributed by atoms with Gasteiger partial charge in [-0.3, -0.25) is 9.59 Å². The van der Waals surface area contributed by atoms with Crippen LogP contribution in [0, 0.1) is 0 Å². The maximum absolute atomic E-state index is 12.3. The molecule has 0 atom stereocenters. The van der Waals surface area contributed by atoms with Crippen LogP contribution < -0.4 is 4.90 Å². The first kappa shape index (κ1) is 17.3. The summed E-state index contributed by atoms with van der Waals surface area (Å²) in [5.41, 5.74) is 1.62. The average molecular weight is 315 g/mol. The van der Waals surface area contributed by atoms with Gasteiger partial charge in [-0.2, -0.15) is 0 Å². The molecule has 0 saturated carbocycles. The molecular formula is C19H25NO3. The van der Waals surface area contributed by atoms with Crippen molar-refractivity contribution in [2.45, 2.75) is 58.8 Å². The summed E-state index contributed by atoms with van der Waals surface area (Å²) < 4.78 is 0. The second-order valence-corrected chi connectivity index (χ2v) is 8.20. The molecule has 2 amide bonds. The Hall–Kier alpha value is -2.10. The van der Waals surface area contributed by atoms with Gasteiger partial charge in [-0.1, -0.05) is 48.1 Å². The highest BCUT2D eigenvalue weighted by Crippen LogP contribution is 2.42. The third-order valence-corrected chi connectivity index (χ3v) is 4.09. The van der Waals surface area contributed by atoms with E-state index in [0.717, 1.165) is 11.1 Å². The van der Waals surface area contributed by atoms with Crippen LogP contribution in [0.4, 0.5) is 5.69 Å². The van der Waals surface area contributed by atoms with Gasteiger partial charge in [0.05, 0.1) is 12.1 Å². The Balaban J connectivity index is 2.73. The summed E-state index contributed by atoms with van der Waals surface area (Å²) in [6.07, 6.45) is 0.0510. The fraction of sp³-hybridized carbons (Fsp3) is 0.474. The zero-order valence-corrected chi connectivity index (χ0v) is 14.8. The van der Waals surface area contributed by atoms with Crippen molar-refractivity contribution in [2.24, 2.45) is 0 Å². The zero-order chi connectivity index (χ0) is 17.7. The molecule has 1 heterocycles. The summed E-state index contributed by atoms with van der Waals surface area (Å²) in [6, 6.07) is 3.47. The Morgan fingerprint density at radius 2 is 1.43 bits per heavy atom. The molecule has 1 saturated heterocycles. The van der Waals surface area contributed by atoms with Crippen LogP contribution in [0.15, 0.2) is 24.3 Å². The minimum atomic E-state index is -0.361. The lowest BCUT2D eigenvalue weighted by Crippen LogP contribution is -2.30. The number of anilines is 1. The Bertz CT molecular complexity index is 667. The number of rotatable bonds is 1. The predicted molar refractivity (Wildman–Crippen MR) is 91.8 cm³/mol. The van der Waals surface area contributed by atoms with Crippen molar-refractivity contribution in [3.63, 3.8) is 0 Å². The first-order chi connectivity index (χ1) is 10.3. The summed E-state index contributed by atoms with van der Waals surface area (Å²) in [6.45, 7) is 15.6. The van der Waals surface area contributed by atoms with Crippen LogP contribution in [0.25, 0.3) is 0 Å². The molecule has 0 radical (unpaired) electrons. The number of hydrogen-bond donors (Lipinski definition) is 1. The lowest BCUT2D eigenvalue weighted by molar-refractivity contribution is -0.120. The highest BCUT2D eigenvalue weighted by molar-refractivity contribution is 6.28. The quantitative estimate of drug-likeness (QED) is 0.633. The van der Waals surface area contributed by atoms with Crippen molar-refractivity contribution in [3.8, 4) is 5.75 Å². The van der Waals surface area contributed by atoms with Gasteiger partial charge in [0, 0.05) is 16.7 Å². The minimum Gasteiger partial charge on any atom is -0.507 e. The number of benzene rings is 1. The van der Waals surface area contributed by atoms with Gasteiger partial charge in [0.1, 0.15) is 5.75 Å². The molecule has 2 rings (SSSR count). The molecule has 1 aromatic rings. The molecule has 0 aliphatic carbocycles. The Morgan fingerprint density at radius 1 is 1.00 bits per heavy atom. The van der Waals surface area contributed by atoms with Crippen molar-refractivity contribution < 1.29 is 14.7 Å². The number of aromatic hydroxyl groups is 1. The second-order valence-electron chi connectivity index (χ2n) is 8.20. The van der Waals surface area contributed by atoms with E-state index >= 15 is 0 Å². The van der Waals surface area contributed by atoms with E-state index in [2.05, 4.69) is 6.58 Å². The van der Waals surface area contributed by atoms with Gasteiger partial charge < -0.3 is 5.11 Å². The Morgan fingerprint density at radius 3 is 1.74 bits per heavy atom. The number of imide groups is 1. The van der Waals surface area contributed by atoms with E-state index < -0.39 is 0 Å². The monoisotopic (exact) mass is 315 g/mol. The molecule has 1 aliphatic heterocycles. The lowest BCUT2D eigenvalue weighted by atomic mass is 9.79. The predicted octanol–water partition coefficient (Wildman–Crippen LogP) is 3.81. The van der Waals surface area contributed by atoms with Crippen LogP contribution in [0.1, 0.15) is 59.1 Å². The van der Waals surface area contributed by atoms with Crippen LogP contribution in [-0.2, 0) is 20.4 Å². The fourth-order valence-electron chi connectivity index (χ4n) is 2.76. The average Bonchev–Trinajstić information content (AvgIpc) is 2.61. The van der Waals surface area contributed by atoms with Gasteiger partial charge in [-0.15, -0.1) is 0 Å². The molecule has 124 valence electrons. The molecule has 1 aromatic carbocycles. The Labute approximate surface area is 137 Å². The van der Waals surface area contributed by atoms with E-state index in [1.54, 1.807) is 12.1 Å². The molecule has 0 unspecified atom stereocenters. The van der Waals surface area contributed by atoms with Gasteiger partial charge in [-0.05, 0) is 23.0 Å². The minimum absolute atomic E-state index is 0.0510. The molecule has 23 heavy (non-hydrogen) atoms. The Kier molecular flexibility index (Phi) is 3.92. The molecule has 1 N–H and O–H groups in total. The normalized spacial score (nSPS) is 16.4. The number of hydrogen-bond acceptors (Lipinski definition) is 3. The number of nitrogens with zero attached hydrogens (tertiary/aromatic N) is 1. The third-order valence-electron chi connectivity index (χ3n) is 4.09.